The molecule has 1 aromatic rings. The molecule has 132 valence electrons. The van der Waals surface area contributed by atoms with Crippen LogP contribution in [0, 0.1) is 0 Å². The number of rotatable bonds is 5. The number of nitrogens with one attached hydrogen (secondary N) is 1. The minimum Gasteiger partial charge on any atom is -0.372 e. The first-order chi connectivity index (χ1) is 11.7. The number of anilines is 2. The van der Waals surface area contributed by atoms with Gasteiger partial charge in [-0.2, -0.15) is 0 Å². The lowest BCUT2D eigenvalue weighted by Crippen LogP contribution is -2.48. The van der Waals surface area contributed by atoms with Crippen molar-refractivity contribution in [2.45, 2.75) is 26.2 Å². The van der Waals surface area contributed by atoms with Gasteiger partial charge in [0, 0.05) is 50.6 Å². The predicted octanol–water partition coefficient (Wildman–Crippen LogP) is 2.25. The minimum absolute atomic E-state index is 0.0886. The number of amides is 1. The maximum Gasteiger partial charge on any atom is 0.238 e. The van der Waals surface area contributed by atoms with Crippen molar-refractivity contribution >= 4 is 17.3 Å². The fourth-order valence-electron chi connectivity index (χ4n) is 3.57. The van der Waals surface area contributed by atoms with E-state index in [0.717, 1.165) is 51.5 Å². The van der Waals surface area contributed by atoms with Gasteiger partial charge in [0.25, 0.3) is 0 Å². The highest BCUT2D eigenvalue weighted by Gasteiger charge is 2.18. The van der Waals surface area contributed by atoms with Crippen LogP contribution in [0.5, 0.6) is 0 Å². The highest BCUT2D eigenvalue weighted by Crippen LogP contribution is 2.21. The average Bonchev–Trinajstić information content (AvgIpc) is 2.64. The van der Waals surface area contributed by atoms with Gasteiger partial charge in [0.15, 0.2) is 0 Å². The van der Waals surface area contributed by atoms with Gasteiger partial charge >= 0.3 is 0 Å². The molecule has 0 unspecified atom stereocenters. The zero-order valence-corrected chi connectivity index (χ0v) is 14.8. The fourth-order valence-corrected chi connectivity index (χ4v) is 3.57. The summed E-state index contributed by atoms with van der Waals surface area (Å²) in [6.07, 6.45) is 3.91. The van der Waals surface area contributed by atoms with Gasteiger partial charge in [-0.1, -0.05) is 6.92 Å². The van der Waals surface area contributed by atoms with E-state index in [9.17, 15) is 4.79 Å². The number of hydrogen-bond acceptors (Lipinski definition) is 4. The molecule has 0 atom stereocenters. The van der Waals surface area contributed by atoms with Gasteiger partial charge < -0.3 is 15.1 Å². The van der Waals surface area contributed by atoms with Crippen molar-refractivity contribution in [1.82, 2.24) is 9.80 Å². The largest absolute Gasteiger partial charge is 0.372 e. The Hall–Kier alpha value is -1.59. The predicted molar refractivity (Wildman–Crippen MR) is 99.7 cm³/mol. The number of benzene rings is 1. The summed E-state index contributed by atoms with van der Waals surface area (Å²) in [5.41, 5.74) is 2.16. The Morgan fingerprint density at radius 1 is 0.917 bits per heavy atom. The van der Waals surface area contributed by atoms with Gasteiger partial charge in [-0.15, -0.1) is 0 Å². The molecule has 5 heteroatoms. The van der Waals surface area contributed by atoms with Crippen LogP contribution in [0.2, 0.25) is 0 Å². The molecule has 2 aliphatic rings. The molecule has 24 heavy (non-hydrogen) atoms. The number of hydrogen-bond donors (Lipinski definition) is 1. The molecule has 2 heterocycles. The van der Waals surface area contributed by atoms with Gasteiger partial charge in [-0.05, 0) is 50.1 Å². The molecule has 2 aliphatic heterocycles. The second-order valence-electron chi connectivity index (χ2n) is 6.85. The van der Waals surface area contributed by atoms with Gasteiger partial charge in [-0.3, -0.25) is 9.69 Å². The maximum atomic E-state index is 12.2. The summed E-state index contributed by atoms with van der Waals surface area (Å²) < 4.78 is 0. The van der Waals surface area contributed by atoms with Crippen LogP contribution in [-0.2, 0) is 4.79 Å². The van der Waals surface area contributed by atoms with Crippen molar-refractivity contribution in [3.05, 3.63) is 24.3 Å². The van der Waals surface area contributed by atoms with E-state index in [-0.39, 0.29) is 5.91 Å². The number of likely N-dealkylation sites (N-methyl/N-ethyl adjacent to an activating group) is 1. The summed E-state index contributed by atoms with van der Waals surface area (Å²) in [5, 5.41) is 3.03. The lowest BCUT2D eigenvalue weighted by molar-refractivity contribution is -0.117. The normalized spacial score (nSPS) is 20.1. The second-order valence-corrected chi connectivity index (χ2v) is 6.85. The van der Waals surface area contributed by atoms with Crippen molar-refractivity contribution in [2.75, 3.05) is 62.6 Å². The van der Waals surface area contributed by atoms with Crippen LogP contribution in [0.3, 0.4) is 0 Å². The molecule has 5 nitrogen and oxygen atoms in total. The first-order valence-electron chi connectivity index (χ1n) is 9.34. The first kappa shape index (κ1) is 17.2. The van der Waals surface area contributed by atoms with Crippen molar-refractivity contribution in [3.8, 4) is 0 Å². The summed E-state index contributed by atoms with van der Waals surface area (Å²) in [4.78, 5) is 19.3. The molecule has 1 N–H and O–H groups in total. The lowest BCUT2D eigenvalue weighted by atomic mass is 10.1. The summed E-state index contributed by atoms with van der Waals surface area (Å²) in [6, 6.07) is 8.30. The third kappa shape index (κ3) is 4.71. The number of carbonyl (C=O) groups is 1. The molecule has 0 aromatic heterocycles. The summed E-state index contributed by atoms with van der Waals surface area (Å²) in [5.74, 6) is 0.0886. The monoisotopic (exact) mass is 330 g/mol. The number of piperidine rings is 1. The van der Waals surface area contributed by atoms with Crippen molar-refractivity contribution < 1.29 is 4.79 Å². The molecule has 3 rings (SSSR count). The van der Waals surface area contributed by atoms with Crippen LogP contribution >= 0.6 is 0 Å². The Balaban J connectivity index is 1.46. The van der Waals surface area contributed by atoms with Gasteiger partial charge in [0.2, 0.25) is 5.91 Å². The molecule has 0 spiro atoms. The standard InChI is InChI=1S/C19H30N4O/c1-2-21-12-14-22(15-13-21)16-19(24)20-17-6-8-18(9-7-17)23-10-4-3-5-11-23/h6-9H,2-5,10-16H2,1H3,(H,20,24). The Labute approximate surface area is 145 Å². The van der Waals surface area contributed by atoms with E-state index in [4.69, 9.17) is 0 Å². The van der Waals surface area contributed by atoms with Crippen LogP contribution in [0.1, 0.15) is 26.2 Å². The molecular formula is C19H30N4O. The second kappa shape index (κ2) is 8.49. The Kier molecular flexibility index (Phi) is 6.10. The van der Waals surface area contributed by atoms with E-state index in [1.807, 2.05) is 12.1 Å². The molecule has 0 radical (unpaired) electrons. The molecule has 1 aromatic carbocycles. The smallest absolute Gasteiger partial charge is 0.238 e. The third-order valence-corrected chi connectivity index (χ3v) is 5.15. The molecule has 0 bridgehead atoms. The first-order valence-corrected chi connectivity index (χ1v) is 9.34. The van der Waals surface area contributed by atoms with Crippen molar-refractivity contribution in [1.29, 1.82) is 0 Å². The van der Waals surface area contributed by atoms with E-state index in [2.05, 4.69) is 39.1 Å². The highest BCUT2D eigenvalue weighted by molar-refractivity contribution is 5.92. The summed E-state index contributed by atoms with van der Waals surface area (Å²) in [7, 11) is 0. The maximum absolute atomic E-state index is 12.2. The molecule has 2 fully saturated rings. The third-order valence-electron chi connectivity index (χ3n) is 5.15. The van der Waals surface area contributed by atoms with Gasteiger partial charge in [-0.25, -0.2) is 0 Å². The van der Waals surface area contributed by atoms with Crippen LogP contribution in [0.4, 0.5) is 11.4 Å². The average molecular weight is 330 g/mol. The Morgan fingerprint density at radius 2 is 1.54 bits per heavy atom. The van der Waals surface area contributed by atoms with Gasteiger partial charge in [0.1, 0.15) is 0 Å². The highest BCUT2D eigenvalue weighted by atomic mass is 16.2. The number of piperazine rings is 1. The minimum atomic E-state index is 0.0886. The SMILES string of the molecule is CCN1CCN(CC(=O)Nc2ccc(N3CCCCC3)cc2)CC1. The number of nitrogens with zero attached hydrogens (tertiary/aromatic N) is 3. The zero-order valence-electron chi connectivity index (χ0n) is 14.8. The van der Waals surface area contributed by atoms with Gasteiger partial charge in [0.05, 0.1) is 6.54 Å². The number of carbonyl (C=O) groups excluding carboxylic acids is 1. The summed E-state index contributed by atoms with van der Waals surface area (Å²) in [6.45, 7) is 10.2. The van der Waals surface area contributed by atoms with E-state index in [0.29, 0.717) is 6.54 Å². The molecular weight excluding hydrogens is 300 g/mol. The fraction of sp³-hybridized carbons (Fsp3) is 0.632. The van der Waals surface area contributed by atoms with Crippen LogP contribution < -0.4 is 10.2 Å². The molecule has 0 saturated carbocycles. The Bertz CT molecular complexity index is 517. The lowest BCUT2D eigenvalue weighted by Gasteiger charge is -2.33. The molecule has 1 amide bonds. The van der Waals surface area contributed by atoms with E-state index >= 15 is 0 Å². The van der Waals surface area contributed by atoms with Crippen LogP contribution in [-0.4, -0.2) is 68.1 Å². The molecule has 2 saturated heterocycles. The van der Waals surface area contributed by atoms with Crippen molar-refractivity contribution in [2.24, 2.45) is 0 Å². The Morgan fingerprint density at radius 3 is 2.17 bits per heavy atom. The van der Waals surface area contributed by atoms with Crippen LogP contribution in [0.25, 0.3) is 0 Å². The summed E-state index contributed by atoms with van der Waals surface area (Å²) >= 11 is 0. The van der Waals surface area contributed by atoms with Crippen molar-refractivity contribution in [3.63, 3.8) is 0 Å². The van der Waals surface area contributed by atoms with E-state index in [1.54, 1.807) is 0 Å². The topological polar surface area (TPSA) is 38.8 Å². The quantitative estimate of drug-likeness (QED) is 0.899. The van der Waals surface area contributed by atoms with Crippen LogP contribution in [0.15, 0.2) is 24.3 Å². The van der Waals surface area contributed by atoms with E-state index < -0.39 is 0 Å². The zero-order chi connectivity index (χ0) is 16.8. The molecule has 0 aliphatic carbocycles. The van der Waals surface area contributed by atoms with E-state index in [1.165, 1.54) is 24.9 Å².